The zero-order valence-electron chi connectivity index (χ0n) is 8.71. The minimum atomic E-state index is -0.291. The van der Waals surface area contributed by atoms with Gasteiger partial charge >= 0.3 is 0 Å². The van der Waals surface area contributed by atoms with Crippen LogP contribution in [0.3, 0.4) is 0 Å². The van der Waals surface area contributed by atoms with Crippen LogP contribution in [0.2, 0.25) is 0 Å². The molecule has 0 fully saturated rings. The van der Waals surface area contributed by atoms with E-state index in [1.165, 1.54) is 18.6 Å². The first-order valence-corrected chi connectivity index (χ1v) is 4.75. The average Bonchev–Trinajstić information content (AvgIpc) is 2.30. The quantitative estimate of drug-likeness (QED) is 0.821. The van der Waals surface area contributed by atoms with Crippen LogP contribution in [0.15, 0.2) is 37.1 Å². The number of nitrogens with zero attached hydrogens (tertiary/aromatic N) is 3. The maximum atomic E-state index is 11.7. The van der Waals surface area contributed by atoms with Gasteiger partial charge in [0.05, 0.1) is 18.1 Å². The van der Waals surface area contributed by atoms with Gasteiger partial charge in [0.1, 0.15) is 5.69 Å². The first-order valence-electron chi connectivity index (χ1n) is 4.75. The largest absolute Gasteiger partial charge is 0.319 e. The lowest BCUT2D eigenvalue weighted by atomic mass is 10.3. The molecule has 0 atom stereocenters. The second kappa shape index (κ2) is 4.48. The highest BCUT2D eigenvalue weighted by Gasteiger charge is 2.06. The molecule has 1 amide bonds. The molecule has 0 aromatic carbocycles. The van der Waals surface area contributed by atoms with Gasteiger partial charge in [-0.25, -0.2) is 4.98 Å². The molecule has 0 spiro atoms. The summed E-state index contributed by atoms with van der Waals surface area (Å²) in [5.74, 6) is -0.291. The predicted octanol–water partition coefficient (Wildman–Crippen LogP) is 1.43. The van der Waals surface area contributed by atoms with Crippen LogP contribution in [0, 0.1) is 6.92 Å². The van der Waals surface area contributed by atoms with Crippen molar-refractivity contribution in [3.05, 3.63) is 48.3 Å². The number of nitrogens with one attached hydrogen (secondary N) is 1. The molecular weight excluding hydrogens is 204 g/mol. The normalized spacial score (nSPS) is 9.81. The topological polar surface area (TPSA) is 67.8 Å². The molecule has 2 aromatic rings. The van der Waals surface area contributed by atoms with Gasteiger partial charge in [-0.15, -0.1) is 0 Å². The molecule has 80 valence electrons. The summed E-state index contributed by atoms with van der Waals surface area (Å²) < 4.78 is 0. The third-order valence-electron chi connectivity index (χ3n) is 1.93. The van der Waals surface area contributed by atoms with E-state index in [4.69, 9.17) is 0 Å². The summed E-state index contributed by atoms with van der Waals surface area (Å²) in [6.45, 7) is 1.91. The molecule has 0 saturated heterocycles. The number of rotatable bonds is 2. The minimum absolute atomic E-state index is 0.281. The lowest BCUT2D eigenvalue weighted by Gasteiger charge is -2.03. The van der Waals surface area contributed by atoms with Crippen LogP contribution in [0.25, 0.3) is 0 Å². The Morgan fingerprint density at radius 2 is 2.06 bits per heavy atom. The molecule has 0 aliphatic rings. The van der Waals surface area contributed by atoms with Crippen molar-refractivity contribution in [2.45, 2.75) is 6.92 Å². The van der Waals surface area contributed by atoms with Crippen LogP contribution in [-0.4, -0.2) is 20.9 Å². The zero-order chi connectivity index (χ0) is 11.4. The van der Waals surface area contributed by atoms with E-state index in [-0.39, 0.29) is 11.6 Å². The van der Waals surface area contributed by atoms with Gasteiger partial charge in [-0.1, -0.05) is 0 Å². The summed E-state index contributed by atoms with van der Waals surface area (Å²) in [7, 11) is 0. The van der Waals surface area contributed by atoms with Gasteiger partial charge in [0.2, 0.25) is 0 Å². The Labute approximate surface area is 92.6 Å². The fourth-order valence-electron chi connectivity index (χ4n) is 1.23. The number of anilines is 1. The molecule has 5 heteroatoms. The molecule has 2 rings (SSSR count). The van der Waals surface area contributed by atoms with Crippen LogP contribution >= 0.6 is 0 Å². The molecule has 0 saturated carbocycles. The van der Waals surface area contributed by atoms with E-state index >= 15 is 0 Å². The maximum absolute atomic E-state index is 11.7. The van der Waals surface area contributed by atoms with Crippen LogP contribution in [0.4, 0.5) is 5.69 Å². The minimum Gasteiger partial charge on any atom is -0.319 e. The monoisotopic (exact) mass is 214 g/mol. The summed E-state index contributed by atoms with van der Waals surface area (Å²) in [5, 5.41) is 2.70. The SMILES string of the molecule is Cc1cncc(NC(=O)c2cnccn2)c1. The predicted molar refractivity (Wildman–Crippen MR) is 59.0 cm³/mol. The molecule has 16 heavy (non-hydrogen) atoms. The second-order valence-electron chi connectivity index (χ2n) is 3.30. The van der Waals surface area contributed by atoms with Gasteiger partial charge in [-0.3, -0.25) is 14.8 Å². The zero-order valence-corrected chi connectivity index (χ0v) is 8.71. The van der Waals surface area contributed by atoms with Gasteiger partial charge < -0.3 is 5.32 Å². The number of carbonyl (C=O) groups is 1. The second-order valence-corrected chi connectivity index (χ2v) is 3.30. The Kier molecular flexibility index (Phi) is 2.86. The van der Waals surface area contributed by atoms with E-state index in [0.717, 1.165) is 5.56 Å². The number of hydrogen-bond acceptors (Lipinski definition) is 4. The average molecular weight is 214 g/mol. The van der Waals surface area contributed by atoms with E-state index in [1.807, 2.05) is 13.0 Å². The summed E-state index contributed by atoms with van der Waals surface area (Å²) in [6.07, 6.45) is 7.71. The molecule has 2 heterocycles. The third kappa shape index (κ3) is 2.38. The number of aryl methyl sites for hydroxylation is 1. The highest BCUT2D eigenvalue weighted by atomic mass is 16.1. The lowest BCUT2D eigenvalue weighted by Crippen LogP contribution is -2.13. The molecule has 0 aliphatic carbocycles. The number of carbonyl (C=O) groups excluding carboxylic acids is 1. The van der Waals surface area contributed by atoms with Crippen LogP contribution in [0.1, 0.15) is 16.1 Å². The summed E-state index contributed by atoms with van der Waals surface area (Å²) >= 11 is 0. The van der Waals surface area contributed by atoms with E-state index in [2.05, 4.69) is 20.3 Å². The molecular formula is C11H10N4O. The van der Waals surface area contributed by atoms with E-state index in [0.29, 0.717) is 5.69 Å². The summed E-state index contributed by atoms with van der Waals surface area (Å²) in [4.78, 5) is 23.4. The molecule has 0 bridgehead atoms. The lowest BCUT2D eigenvalue weighted by molar-refractivity contribution is 0.102. The van der Waals surface area contributed by atoms with E-state index < -0.39 is 0 Å². The van der Waals surface area contributed by atoms with Crippen molar-refractivity contribution in [3.8, 4) is 0 Å². The molecule has 2 aromatic heterocycles. The Bertz CT molecular complexity index is 498. The van der Waals surface area contributed by atoms with Crippen molar-refractivity contribution in [2.75, 3.05) is 5.32 Å². The third-order valence-corrected chi connectivity index (χ3v) is 1.93. The smallest absolute Gasteiger partial charge is 0.275 e. The maximum Gasteiger partial charge on any atom is 0.275 e. The molecule has 5 nitrogen and oxygen atoms in total. The van der Waals surface area contributed by atoms with Gasteiger partial charge in [0.25, 0.3) is 5.91 Å². The van der Waals surface area contributed by atoms with Gasteiger partial charge in [0.15, 0.2) is 0 Å². The Balaban J connectivity index is 2.14. The first-order chi connectivity index (χ1) is 7.75. The molecule has 1 N–H and O–H groups in total. The molecule has 0 unspecified atom stereocenters. The Hall–Kier alpha value is -2.30. The van der Waals surface area contributed by atoms with Crippen molar-refractivity contribution in [2.24, 2.45) is 0 Å². The van der Waals surface area contributed by atoms with Crippen molar-refractivity contribution in [3.63, 3.8) is 0 Å². The summed E-state index contributed by atoms with van der Waals surface area (Å²) in [6, 6.07) is 1.83. The van der Waals surface area contributed by atoms with Gasteiger partial charge in [0, 0.05) is 18.6 Å². The Morgan fingerprint density at radius 3 is 2.75 bits per heavy atom. The van der Waals surface area contributed by atoms with Crippen molar-refractivity contribution in [1.29, 1.82) is 0 Å². The molecule has 0 aliphatic heterocycles. The van der Waals surface area contributed by atoms with Crippen LogP contribution in [0.5, 0.6) is 0 Å². The van der Waals surface area contributed by atoms with Crippen LogP contribution in [-0.2, 0) is 0 Å². The number of amides is 1. The number of hydrogen-bond donors (Lipinski definition) is 1. The van der Waals surface area contributed by atoms with Gasteiger partial charge in [-0.05, 0) is 18.6 Å². The highest BCUT2D eigenvalue weighted by Crippen LogP contribution is 2.08. The van der Waals surface area contributed by atoms with Crippen molar-refractivity contribution < 1.29 is 4.79 Å². The number of aromatic nitrogens is 3. The first kappa shape index (κ1) is 10.2. The fraction of sp³-hybridized carbons (Fsp3) is 0.0909. The van der Waals surface area contributed by atoms with E-state index in [9.17, 15) is 4.79 Å². The van der Waals surface area contributed by atoms with E-state index in [1.54, 1.807) is 12.4 Å². The highest BCUT2D eigenvalue weighted by molar-refractivity contribution is 6.02. The van der Waals surface area contributed by atoms with Gasteiger partial charge in [-0.2, -0.15) is 0 Å². The summed E-state index contributed by atoms with van der Waals surface area (Å²) in [5.41, 5.74) is 1.91. The molecule has 0 radical (unpaired) electrons. The number of pyridine rings is 1. The fourth-order valence-corrected chi connectivity index (χ4v) is 1.23. The van der Waals surface area contributed by atoms with Crippen LogP contribution < -0.4 is 5.32 Å². The van der Waals surface area contributed by atoms with Crippen molar-refractivity contribution in [1.82, 2.24) is 15.0 Å². The Morgan fingerprint density at radius 1 is 1.19 bits per heavy atom. The standard InChI is InChI=1S/C11H10N4O/c1-8-4-9(6-13-5-8)15-11(16)10-7-12-2-3-14-10/h2-7H,1H3,(H,15,16). The van der Waals surface area contributed by atoms with Crippen molar-refractivity contribution >= 4 is 11.6 Å².